The van der Waals surface area contributed by atoms with Gasteiger partial charge in [0.15, 0.2) is 6.04 Å². The molecule has 1 heterocycles. The van der Waals surface area contributed by atoms with E-state index in [1.165, 1.54) is 0 Å². The van der Waals surface area contributed by atoms with Crippen LogP contribution in [-0.4, -0.2) is 34.7 Å². The van der Waals surface area contributed by atoms with E-state index in [9.17, 15) is 9.59 Å². The summed E-state index contributed by atoms with van der Waals surface area (Å²) in [6.45, 7) is 1.82. The first-order chi connectivity index (χ1) is 9.13. The van der Waals surface area contributed by atoms with Crippen LogP contribution in [0.2, 0.25) is 0 Å². The number of fused-ring (bicyclic) bond motifs is 1. The monoisotopic (exact) mass is 262 g/mol. The summed E-state index contributed by atoms with van der Waals surface area (Å²) < 4.78 is 4.69. The zero-order valence-corrected chi connectivity index (χ0v) is 10.3. The van der Waals surface area contributed by atoms with E-state index in [4.69, 9.17) is 10.5 Å². The molecule has 2 rings (SSSR count). The Bertz CT molecular complexity index is 608. The highest BCUT2D eigenvalue weighted by Gasteiger charge is 2.23. The molecule has 0 bridgehead atoms. The second-order valence-corrected chi connectivity index (χ2v) is 3.86. The quantitative estimate of drug-likeness (QED) is 0.545. The molecular formula is C12H14N4O3. The molecule has 1 aromatic heterocycles. The highest BCUT2D eigenvalue weighted by molar-refractivity contribution is 6.10. The summed E-state index contributed by atoms with van der Waals surface area (Å²) in [4.78, 5) is 23.2. The Labute approximate surface area is 109 Å². The van der Waals surface area contributed by atoms with E-state index in [1.807, 2.05) is 6.07 Å². The minimum absolute atomic E-state index is 0.177. The molecule has 1 amide bonds. The zero-order chi connectivity index (χ0) is 13.8. The van der Waals surface area contributed by atoms with Crippen LogP contribution in [0.15, 0.2) is 24.4 Å². The van der Waals surface area contributed by atoms with Crippen molar-refractivity contribution in [3.05, 3.63) is 24.4 Å². The van der Waals surface area contributed by atoms with Crippen LogP contribution < -0.4 is 11.1 Å². The molecule has 0 aliphatic heterocycles. The van der Waals surface area contributed by atoms with E-state index < -0.39 is 17.9 Å². The summed E-state index contributed by atoms with van der Waals surface area (Å²) in [6, 6.07) is 3.96. The number of esters is 1. The number of hydrogen-bond acceptors (Lipinski definition) is 5. The molecule has 7 heteroatoms. The number of aromatic nitrogens is 2. The van der Waals surface area contributed by atoms with Gasteiger partial charge in [-0.15, -0.1) is 0 Å². The van der Waals surface area contributed by atoms with Crippen molar-refractivity contribution in [1.82, 2.24) is 10.2 Å². The molecule has 0 saturated carbocycles. The number of nitrogens with one attached hydrogen (secondary N) is 2. The summed E-state index contributed by atoms with van der Waals surface area (Å²) in [5, 5.41) is 10.1. The number of H-pyrrole nitrogens is 1. The molecule has 1 atom stereocenters. The maximum atomic E-state index is 11.8. The van der Waals surface area contributed by atoms with E-state index in [-0.39, 0.29) is 6.61 Å². The fourth-order valence-corrected chi connectivity index (χ4v) is 1.62. The second-order valence-electron chi connectivity index (χ2n) is 3.86. The van der Waals surface area contributed by atoms with Crippen molar-refractivity contribution in [3.8, 4) is 0 Å². The molecule has 0 spiro atoms. The van der Waals surface area contributed by atoms with Gasteiger partial charge < -0.3 is 15.8 Å². The molecule has 1 aromatic carbocycles. The van der Waals surface area contributed by atoms with E-state index in [1.54, 1.807) is 25.3 Å². The number of amides is 1. The Morgan fingerprint density at radius 3 is 3.05 bits per heavy atom. The van der Waals surface area contributed by atoms with Crippen LogP contribution in [-0.2, 0) is 14.3 Å². The lowest BCUT2D eigenvalue weighted by Gasteiger charge is -2.11. The summed E-state index contributed by atoms with van der Waals surface area (Å²) in [6.07, 6.45) is 1.64. The van der Waals surface area contributed by atoms with Gasteiger partial charge in [-0.1, -0.05) is 12.1 Å². The molecule has 0 aliphatic carbocycles. The van der Waals surface area contributed by atoms with Gasteiger partial charge in [0, 0.05) is 5.39 Å². The maximum absolute atomic E-state index is 11.8. The molecular weight excluding hydrogens is 248 g/mol. The van der Waals surface area contributed by atoms with Crippen molar-refractivity contribution in [3.63, 3.8) is 0 Å². The van der Waals surface area contributed by atoms with Crippen molar-refractivity contribution in [1.29, 1.82) is 0 Å². The third-order valence-corrected chi connectivity index (χ3v) is 2.56. The average molecular weight is 262 g/mol. The van der Waals surface area contributed by atoms with Gasteiger partial charge in [-0.25, -0.2) is 4.79 Å². The van der Waals surface area contributed by atoms with E-state index >= 15 is 0 Å². The Kier molecular flexibility index (Phi) is 3.76. The average Bonchev–Trinajstić information content (AvgIpc) is 2.87. The smallest absolute Gasteiger partial charge is 0.332 e. The zero-order valence-electron chi connectivity index (χ0n) is 10.3. The van der Waals surface area contributed by atoms with Crippen LogP contribution >= 0.6 is 0 Å². The predicted molar refractivity (Wildman–Crippen MR) is 69.3 cm³/mol. The molecule has 7 nitrogen and oxygen atoms in total. The first-order valence-corrected chi connectivity index (χ1v) is 5.78. The Morgan fingerprint density at radius 1 is 1.53 bits per heavy atom. The van der Waals surface area contributed by atoms with Crippen molar-refractivity contribution in [2.45, 2.75) is 13.0 Å². The lowest BCUT2D eigenvalue weighted by atomic mass is 10.2. The van der Waals surface area contributed by atoms with Crippen LogP contribution in [0.3, 0.4) is 0 Å². The fourth-order valence-electron chi connectivity index (χ4n) is 1.62. The molecule has 19 heavy (non-hydrogen) atoms. The predicted octanol–water partition coefficient (Wildman–Crippen LogP) is 0.392. The minimum atomic E-state index is -1.35. The number of nitrogens with two attached hydrogens (primary N) is 1. The number of anilines is 1. The van der Waals surface area contributed by atoms with Crippen molar-refractivity contribution in [2.75, 3.05) is 11.9 Å². The highest BCUT2D eigenvalue weighted by Crippen LogP contribution is 2.20. The molecule has 0 radical (unpaired) electrons. The number of carbonyl (C=O) groups is 2. The number of aromatic amines is 1. The molecule has 100 valence electrons. The van der Waals surface area contributed by atoms with E-state index in [2.05, 4.69) is 15.5 Å². The van der Waals surface area contributed by atoms with Gasteiger partial charge in [0.25, 0.3) is 5.91 Å². The van der Waals surface area contributed by atoms with E-state index in [0.717, 1.165) is 5.39 Å². The second kappa shape index (κ2) is 5.49. The number of nitrogens with zero attached hydrogens (tertiary/aromatic N) is 1. The number of benzene rings is 1. The summed E-state index contributed by atoms with van der Waals surface area (Å²) >= 11 is 0. The summed E-state index contributed by atoms with van der Waals surface area (Å²) in [7, 11) is 0. The van der Waals surface area contributed by atoms with Gasteiger partial charge in [-0.05, 0) is 13.0 Å². The van der Waals surface area contributed by atoms with Gasteiger partial charge in [-0.2, -0.15) is 5.10 Å². The van der Waals surface area contributed by atoms with E-state index in [0.29, 0.717) is 11.2 Å². The SMILES string of the molecule is CCOC(=O)C(N)C(=O)Nc1cccc2cn[nH]c12. The Balaban J connectivity index is 2.14. The Hall–Kier alpha value is -2.41. The first kappa shape index (κ1) is 13.0. The number of ether oxygens (including phenoxy) is 1. The lowest BCUT2D eigenvalue weighted by molar-refractivity contribution is -0.146. The number of para-hydroxylation sites is 1. The van der Waals surface area contributed by atoms with Crippen LogP contribution in [0.25, 0.3) is 10.9 Å². The number of hydrogen-bond donors (Lipinski definition) is 3. The summed E-state index contributed by atoms with van der Waals surface area (Å²) in [5.41, 5.74) is 6.69. The van der Waals surface area contributed by atoms with Gasteiger partial charge in [0.05, 0.1) is 24.0 Å². The Morgan fingerprint density at radius 2 is 2.32 bits per heavy atom. The minimum Gasteiger partial charge on any atom is -0.464 e. The topological polar surface area (TPSA) is 110 Å². The van der Waals surface area contributed by atoms with Crippen LogP contribution in [0, 0.1) is 0 Å². The third-order valence-electron chi connectivity index (χ3n) is 2.56. The normalized spacial score (nSPS) is 12.1. The molecule has 0 saturated heterocycles. The molecule has 1 unspecified atom stereocenters. The maximum Gasteiger partial charge on any atom is 0.332 e. The van der Waals surface area contributed by atoms with Crippen molar-refractivity contribution < 1.29 is 14.3 Å². The van der Waals surface area contributed by atoms with Crippen molar-refractivity contribution >= 4 is 28.5 Å². The third kappa shape index (κ3) is 2.71. The molecule has 0 aliphatic rings. The fraction of sp³-hybridized carbons (Fsp3) is 0.250. The van der Waals surface area contributed by atoms with Gasteiger partial charge in [-0.3, -0.25) is 9.89 Å². The lowest BCUT2D eigenvalue weighted by Crippen LogP contribution is -2.43. The van der Waals surface area contributed by atoms with Gasteiger partial charge >= 0.3 is 5.97 Å². The molecule has 2 aromatic rings. The molecule has 4 N–H and O–H groups in total. The van der Waals surface area contributed by atoms with Crippen LogP contribution in [0.4, 0.5) is 5.69 Å². The largest absolute Gasteiger partial charge is 0.464 e. The van der Waals surface area contributed by atoms with Gasteiger partial charge in [0.2, 0.25) is 0 Å². The number of rotatable bonds is 4. The van der Waals surface area contributed by atoms with Gasteiger partial charge in [0.1, 0.15) is 0 Å². The van der Waals surface area contributed by atoms with Crippen molar-refractivity contribution in [2.24, 2.45) is 5.73 Å². The first-order valence-electron chi connectivity index (χ1n) is 5.78. The van der Waals surface area contributed by atoms with Crippen LogP contribution in [0.5, 0.6) is 0 Å². The summed E-state index contributed by atoms with van der Waals surface area (Å²) in [5.74, 6) is -1.38. The standard InChI is InChI=1S/C12H14N4O3/c1-2-19-12(18)9(13)11(17)15-8-5-3-4-7-6-14-16-10(7)8/h3-6,9H,2,13H2,1H3,(H,14,16)(H,15,17). The molecule has 0 fully saturated rings. The van der Waals surface area contributed by atoms with Crippen LogP contribution in [0.1, 0.15) is 6.92 Å². The highest BCUT2D eigenvalue weighted by atomic mass is 16.5. The number of carbonyl (C=O) groups excluding carboxylic acids is 2.